The van der Waals surface area contributed by atoms with E-state index in [1.807, 2.05) is 6.92 Å². The molecule has 1 atom stereocenters. The van der Waals surface area contributed by atoms with Crippen molar-refractivity contribution in [1.29, 1.82) is 0 Å². The van der Waals surface area contributed by atoms with Crippen molar-refractivity contribution in [2.75, 3.05) is 32.8 Å². The van der Waals surface area contributed by atoms with Crippen molar-refractivity contribution in [2.45, 2.75) is 39.3 Å². The molecule has 0 amide bonds. The van der Waals surface area contributed by atoms with Crippen LogP contribution in [-0.2, 0) is 4.74 Å². The van der Waals surface area contributed by atoms with E-state index in [0.717, 1.165) is 19.8 Å². The molecule has 1 unspecified atom stereocenters. The number of nitrogens with one attached hydrogen (secondary N) is 1. The van der Waals surface area contributed by atoms with E-state index >= 15 is 0 Å². The Balaban J connectivity index is 2.04. The van der Waals surface area contributed by atoms with Crippen molar-refractivity contribution in [3.05, 3.63) is 0 Å². The van der Waals surface area contributed by atoms with Gasteiger partial charge in [-0.1, -0.05) is 0 Å². The molecule has 0 radical (unpaired) electrons. The smallest absolute Gasteiger partial charge is 0.0590 e. The molecule has 0 aromatic heterocycles. The van der Waals surface area contributed by atoms with Crippen molar-refractivity contribution in [3.63, 3.8) is 0 Å². The van der Waals surface area contributed by atoms with Crippen LogP contribution in [0.5, 0.6) is 0 Å². The number of likely N-dealkylation sites (tertiary alicyclic amines) is 1. The number of nitrogens with zero attached hydrogens (tertiary/aromatic N) is 1. The molecule has 14 heavy (non-hydrogen) atoms. The van der Waals surface area contributed by atoms with Gasteiger partial charge in [-0.3, -0.25) is 4.90 Å². The molecule has 1 aliphatic rings. The average Bonchev–Trinajstić information content (AvgIpc) is 2.61. The molecule has 0 aliphatic carbocycles. The minimum absolute atomic E-state index is 0.679. The summed E-state index contributed by atoms with van der Waals surface area (Å²) in [6.07, 6.45) is 1.28. The SMILES string of the molecule is CCOCCNC1CCN(C(C)C)C1. The highest BCUT2D eigenvalue weighted by atomic mass is 16.5. The molecule has 84 valence electrons. The van der Waals surface area contributed by atoms with E-state index in [4.69, 9.17) is 4.74 Å². The van der Waals surface area contributed by atoms with Crippen LogP contribution < -0.4 is 5.32 Å². The predicted octanol–water partition coefficient (Wildman–Crippen LogP) is 1.10. The Hall–Kier alpha value is -0.120. The third-order valence-corrected chi connectivity index (χ3v) is 2.83. The van der Waals surface area contributed by atoms with E-state index in [2.05, 4.69) is 24.1 Å². The summed E-state index contributed by atoms with van der Waals surface area (Å²) in [6, 6.07) is 1.37. The summed E-state index contributed by atoms with van der Waals surface area (Å²) in [5.41, 5.74) is 0. The van der Waals surface area contributed by atoms with Crippen LogP contribution in [-0.4, -0.2) is 49.8 Å². The molecule has 1 N–H and O–H groups in total. The number of hydrogen-bond acceptors (Lipinski definition) is 3. The van der Waals surface area contributed by atoms with Crippen LogP contribution in [0.2, 0.25) is 0 Å². The molecule has 1 aliphatic heterocycles. The summed E-state index contributed by atoms with van der Waals surface area (Å²) < 4.78 is 5.29. The van der Waals surface area contributed by atoms with E-state index in [9.17, 15) is 0 Å². The largest absolute Gasteiger partial charge is 0.380 e. The molecule has 0 saturated carbocycles. The van der Waals surface area contributed by atoms with Crippen LogP contribution >= 0.6 is 0 Å². The molecule has 1 heterocycles. The standard InChI is InChI=1S/C11H24N2O/c1-4-14-8-6-12-11-5-7-13(9-11)10(2)3/h10-12H,4-9H2,1-3H3. The highest BCUT2D eigenvalue weighted by Crippen LogP contribution is 2.11. The van der Waals surface area contributed by atoms with Crippen molar-refractivity contribution in [2.24, 2.45) is 0 Å². The maximum absolute atomic E-state index is 5.29. The molecule has 3 heteroatoms. The van der Waals surface area contributed by atoms with Gasteiger partial charge in [-0.05, 0) is 33.7 Å². The summed E-state index contributed by atoms with van der Waals surface area (Å²) in [6.45, 7) is 11.7. The maximum atomic E-state index is 5.29. The Kier molecular flexibility index (Phi) is 5.45. The van der Waals surface area contributed by atoms with Gasteiger partial charge in [-0.25, -0.2) is 0 Å². The van der Waals surface area contributed by atoms with E-state index in [0.29, 0.717) is 12.1 Å². The summed E-state index contributed by atoms with van der Waals surface area (Å²) in [5.74, 6) is 0. The molecule has 1 rings (SSSR count). The Morgan fingerprint density at radius 1 is 1.50 bits per heavy atom. The van der Waals surface area contributed by atoms with Gasteiger partial charge in [0.25, 0.3) is 0 Å². The van der Waals surface area contributed by atoms with Gasteiger partial charge < -0.3 is 10.1 Å². The lowest BCUT2D eigenvalue weighted by Crippen LogP contribution is -2.36. The van der Waals surface area contributed by atoms with Gasteiger partial charge in [0.15, 0.2) is 0 Å². The third kappa shape index (κ3) is 3.95. The summed E-state index contributed by atoms with van der Waals surface area (Å²) in [4.78, 5) is 2.53. The zero-order chi connectivity index (χ0) is 10.4. The first kappa shape index (κ1) is 12.0. The predicted molar refractivity (Wildman–Crippen MR) is 59.6 cm³/mol. The lowest BCUT2D eigenvalue weighted by molar-refractivity contribution is 0.146. The van der Waals surface area contributed by atoms with Gasteiger partial charge in [0, 0.05) is 31.8 Å². The van der Waals surface area contributed by atoms with Gasteiger partial charge in [-0.2, -0.15) is 0 Å². The van der Waals surface area contributed by atoms with E-state index in [-0.39, 0.29) is 0 Å². The van der Waals surface area contributed by atoms with Crippen LogP contribution in [0.1, 0.15) is 27.2 Å². The fourth-order valence-electron chi connectivity index (χ4n) is 1.90. The number of hydrogen-bond donors (Lipinski definition) is 1. The molecule has 0 aromatic carbocycles. The quantitative estimate of drug-likeness (QED) is 0.650. The lowest BCUT2D eigenvalue weighted by Gasteiger charge is -2.20. The molecule has 1 fully saturated rings. The monoisotopic (exact) mass is 200 g/mol. The first-order valence-corrected chi connectivity index (χ1v) is 5.79. The fraction of sp³-hybridized carbons (Fsp3) is 1.00. The fourth-order valence-corrected chi connectivity index (χ4v) is 1.90. The Labute approximate surface area is 87.8 Å². The van der Waals surface area contributed by atoms with Crippen molar-refractivity contribution >= 4 is 0 Å². The molecule has 3 nitrogen and oxygen atoms in total. The van der Waals surface area contributed by atoms with Crippen LogP contribution in [0.25, 0.3) is 0 Å². The summed E-state index contributed by atoms with van der Waals surface area (Å²) >= 11 is 0. The summed E-state index contributed by atoms with van der Waals surface area (Å²) in [5, 5.41) is 3.53. The topological polar surface area (TPSA) is 24.5 Å². The van der Waals surface area contributed by atoms with Crippen LogP contribution in [0.15, 0.2) is 0 Å². The second-order valence-electron chi connectivity index (χ2n) is 4.23. The normalized spacial score (nSPS) is 23.6. The molecular weight excluding hydrogens is 176 g/mol. The van der Waals surface area contributed by atoms with E-state index in [1.54, 1.807) is 0 Å². The number of rotatable bonds is 6. The first-order chi connectivity index (χ1) is 6.74. The van der Waals surface area contributed by atoms with E-state index in [1.165, 1.54) is 19.5 Å². The Morgan fingerprint density at radius 2 is 2.29 bits per heavy atom. The molecule has 0 bridgehead atoms. The number of ether oxygens (including phenoxy) is 1. The van der Waals surface area contributed by atoms with Crippen molar-refractivity contribution in [1.82, 2.24) is 10.2 Å². The minimum Gasteiger partial charge on any atom is -0.380 e. The lowest BCUT2D eigenvalue weighted by atomic mass is 10.2. The highest BCUT2D eigenvalue weighted by molar-refractivity contribution is 4.82. The minimum atomic E-state index is 0.679. The van der Waals surface area contributed by atoms with Gasteiger partial charge in [0.05, 0.1) is 6.61 Å². The molecule has 0 aromatic rings. The molecular formula is C11H24N2O. The molecule has 0 spiro atoms. The maximum Gasteiger partial charge on any atom is 0.0590 e. The van der Waals surface area contributed by atoms with E-state index < -0.39 is 0 Å². The van der Waals surface area contributed by atoms with Gasteiger partial charge >= 0.3 is 0 Å². The van der Waals surface area contributed by atoms with Crippen molar-refractivity contribution < 1.29 is 4.74 Å². The van der Waals surface area contributed by atoms with Crippen LogP contribution in [0, 0.1) is 0 Å². The Bertz CT molecular complexity index is 150. The van der Waals surface area contributed by atoms with Crippen LogP contribution in [0.4, 0.5) is 0 Å². The van der Waals surface area contributed by atoms with Gasteiger partial charge in [-0.15, -0.1) is 0 Å². The zero-order valence-corrected chi connectivity index (χ0v) is 9.75. The third-order valence-electron chi connectivity index (χ3n) is 2.83. The second-order valence-corrected chi connectivity index (χ2v) is 4.23. The second kappa shape index (κ2) is 6.38. The van der Waals surface area contributed by atoms with Gasteiger partial charge in [0.1, 0.15) is 0 Å². The first-order valence-electron chi connectivity index (χ1n) is 5.79. The van der Waals surface area contributed by atoms with Gasteiger partial charge in [0.2, 0.25) is 0 Å². The Morgan fingerprint density at radius 3 is 2.86 bits per heavy atom. The summed E-state index contributed by atoms with van der Waals surface area (Å²) in [7, 11) is 0. The zero-order valence-electron chi connectivity index (χ0n) is 9.75. The molecule has 1 saturated heterocycles. The highest BCUT2D eigenvalue weighted by Gasteiger charge is 2.23. The average molecular weight is 200 g/mol. The van der Waals surface area contributed by atoms with Crippen LogP contribution in [0.3, 0.4) is 0 Å². The van der Waals surface area contributed by atoms with Crippen molar-refractivity contribution in [3.8, 4) is 0 Å².